The number of hydrogen-bond acceptors (Lipinski definition) is 4. The molecule has 0 saturated heterocycles. The highest BCUT2D eigenvalue weighted by Crippen LogP contribution is 2.29. The van der Waals surface area contributed by atoms with E-state index in [1.165, 1.54) is 7.11 Å². The van der Waals surface area contributed by atoms with Gasteiger partial charge in [0, 0.05) is 10.0 Å². The average Bonchev–Trinajstić information content (AvgIpc) is 3.06. The molecule has 0 spiro atoms. The number of hydrogen-bond donors (Lipinski definition) is 1. The van der Waals surface area contributed by atoms with Crippen LogP contribution >= 0.6 is 15.9 Å². The monoisotopic (exact) mass is 400 g/mol. The molecule has 0 aliphatic carbocycles. The predicted molar refractivity (Wildman–Crippen MR) is 98.6 cm³/mol. The third kappa shape index (κ3) is 3.58. The van der Waals surface area contributed by atoms with Crippen LogP contribution in [0.1, 0.15) is 29.0 Å². The summed E-state index contributed by atoms with van der Waals surface area (Å²) in [5, 5.41) is 14.2. The summed E-state index contributed by atoms with van der Waals surface area (Å²) in [6.07, 6.45) is 0. The fourth-order valence-corrected chi connectivity index (χ4v) is 2.92. The molecule has 25 heavy (non-hydrogen) atoms. The van der Waals surface area contributed by atoms with Gasteiger partial charge in [-0.2, -0.15) is 5.10 Å². The van der Waals surface area contributed by atoms with Gasteiger partial charge in [0.15, 0.2) is 5.69 Å². The van der Waals surface area contributed by atoms with Crippen molar-refractivity contribution in [1.29, 1.82) is 0 Å². The molecule has 0 aliphatic heterocycles. The van der Waals surface area contributed by atoms with E-state index in [9.17, 15) is 9.90 Å². The predicted octanol–water partition coefficient (Wildman–Crippen LogP) is 4.41. The van der Waals surface area contributed by atoms with Crippen LogP contribution in [0.2, 0.25) is 0 Å². The Morgan fingerprint density at radius 1 is 1.20 bits per heavy atom. The van der Waals surface area contributed by atoms with Gasteiger partial charge in [-0.05, 0) is 42.8 Å². The third-order valence-corrected chi connectivity index (χ3v) is 4.52. The minimum atomic E-state index is -0.497. The zero-order valence-corrected chi connectivity index (χ0v) is 15.4. The van der Waals surface area contributed by atoms with Gasteiger partial charge in [0.1, 0.15) is 5.75 Å². The van der Waals surface area contributed by atoms with Crippen LogP contribution < -0.4 is 0 Å². The molecule has 1 unspecified atom stereocenters. The molecule has 3 aromatic rings. The molecular formula is C19H17BrN2O3. The molecule has 0 radical (unpaired) electrons. The Hall–Kier alpha value is -2.60. The van der Waals surface area contributed by atoms with Crippen molar-refractivity contribution < 1.29 is 14.6 Å². The average molecular weight is 401 g/mol. The van der Waals surface area contributed by atoms with E-state index < -0.39 is 5.97 Å². The molecule has 5 nitrogen and oxygen atoms in total. The topological polar surface area (TPSA) is 64.3 Å². The first-order chi connectivity index (χ1) is 12.0. The van der Waals surface area contributed by atoms with Crippen LogP contribution in [-0.2, 0) is 4.74 Å². The summed E-state index contributed by atoms with van der Waals surface area (Å²) in [4.78, 5) is 11.9. The molecule has 128 valence electrons. The molecule has 0 saturated carbocycles. The lowest BCUT2D eigenvalue weighted by atomic mass is 10.1. The number of rotatable bonds is 4. The highest BCUT2D eigenvalue weighted by atomic mass is 79.9. The van der Waals surface area contributed by atoms with Gasteiger partial charge in [0.2, 0.25) is 0 Å². The second-order valence-corrected chi connectivity index (χ2v) is 6.54. The molecule has 1 heterocycles. The second-order valence-electron chi connectivity index (χ2n) is 5.63. The largest absolute Gasteiger partial charge is 0.508 e. The number of benzene rings is 2. The number of carbonyl (C=O) groups excluding carboxylic acids is 1. The van der Waals surface area contributed by atoms with Gasteiger partial charge in [-0.1, -0.05) is 40.2 Å². The summed E-state index contributed by atoms with van der Waals surface area (Å²) in [5.41, 5.74) is 2.77. The van der Waals surface area contributed by atoms with Gasteiger partial charge in [-0.3, -0.25) is 4.68 Å². The van der Waals surface area contributed by atoms with E-state index in [-0.39, 0.29) is 17.5 Å². The minimum Gasteiger partial charge on any atom is -0.508 e. The van der Waals surface area contributed by atoms with E-state index in [4.69, 9.17) is 4.74 Å². The van der Waals surface area contributed by atoms with Crippen LogP contribution in [0.3, 0.4) is 0 Å². The van der Waals surface area contributed by atoms with Crippen LogP contribution in [0.15, 0.2) is 59.1 Å². The van der Waals surface area contributed by atoms with Gasteiger partial charge in [-0.25, -0.2) is 4.79 Å². The Morgan fingerprint density at radius 3 is 2.56 bits per heavy atom. The molecule has 0 amide bonds. The lowest BCUT2D eigenvalue weighted by Crippen LogP contribution is -2.11. The summed E-state index contributed by atoms with van der Waals surface area (Å²) in [6.45, 7) is 2.00. The van der Waals surface area contributed by atoms with Crippen molar-refractivity contribution in [2.75, 3.05) is 7.11 Å². The van der Waals surface area contributed by atoms with E-state index in [0.29, 0.717) is 0 Å². The Kier molecular flexibility index (Phi) is 4.90. The fourth-order valence-electron chi connectivity index (χ4n) is 2.66. The fraction of sp³-hybridized carbons (Fsp3) is 0.158. The molecule has 0 fully saturated rings. The summed E-state index contributed by atoms with van der Waals surface area (Å²) in [7, 11) is 1.33. The Bertz CT molecular complexity index is 903. The van der Waals surface area contributed by atoms with Gasteiger partial charge in [0.25, 0.3) is 0 Å². The zero-order chi connectivity index (χ0) is 18.0. The van der Waals surface area contributed by atoms with Crippen LogP contribution in [0, 0.1) is 0 Å². The number of phenols is 1. The molecule has 1 aromatic heterocycles. The van der Waals surface area contributed by atoms with E-state index in [1.54, 1.807) is 28.9 Å². The lowest BCUT2D eigenvalue weighted by Gasteiger charge is -2.16. The number of aromatic nitrogens is 2. The van der Waals surface area contributed by atoms with E-state index in [2.05, 4.69) is 21.0 Å². The van der Waals surface area contributed by atoms with Crippen molar-refractivity contribution in [2.45, 2.75) is 13.0 Å². The Morgan fingerprint density at radius 2 is 1.92 bits per heavy atom. The number of esters is 1. The number of phenolic OH excluding ortho intramolecular Hbond substituents is 1. The molecule has 3 rings (SSSR count). The van der Waals surface area contributed by atoms with Gasteiger partial charge >= 0.3 is 5.97 Å². The molecular weight excluding hydrogens is 384 g/mol. The SMILES string of the molecule is COC(=O)c1cc(-c2cccc(O)c2)n(C(C)c2ccc(Br)cc2)n1. The number of nitrogens with zero attached hydrogens (tertiary/aromatic N) is 2. The summed E-state index contributed by atoms with van der Waals surface area (Å²) in [6, 6.07) is 16.4. The van der Waals surface area contributed by atoms with Crippen LogP contribution in [-0.4, -0.2) is 28.0 Å². The standard InChI is InChI=1S/C19H17BrN2O3/c1-12(13-6-8-15(20)9-7-13)22-18(11-17(21-22)19(24)25-2)14-4-3-5-16(23)10-14/h3-12,23H,1-2H3. The number of aromatic hydroxyl groups is 1. The first-order valence-corrected chi connectivity index (χ1v) is 8.51. The van der Waals surface area contributed by atoms with E-state index >= 15 is 0 Å². The number of halogens is 1. The molecule has 0 aliphatic rings. The molecule has 2 aromatic carbocycles. The molecule has 1 N–H and O–H groups in total. The molecule has 0 bridgehead atoms. The lowest BCUT2D eigenvalue weighted by molar-refractivity contribution is 0.0593. The van der Waals surface area contributed by atoms with Crippen molar-refractivity contribution >= 4 is 21.9 Å². The van der Waals surface area contributed by atoms with Crippen molar-refractivity contribution in [2.24, 2.45) is 0 Å². The molecule has 6 heteroatoms. The van der Waals surface area contributed by atoms with Crippen LogP contribution in [0.5, 0.6) is 5.75 Å². The number of carbonyl (C=O) groups is 1. The van der Waals surface area contributed by atoms with Crippen LogP contribution in [0.25, 0.3) is 11.3 Å². The Labute approximate surface area is 154 Å². The quantitative estimate of drug-likeness (QED) is 0.658. The maximum atomic E-state index is 11.9. The van der Waals surface area contributed by atoms with E-state index in [1.807, 2.05) is 37.3 Å². The maximum Gasteiger partial charge on any atom is 0.358 e. The van der Waals surface area contributed by atoms with E-state index in [0.717, 1.165) is 21.3 Å². The van der Waals surface area contributed by atoms with Gasteiger partial charge in [-0.15, -0.1) is 0 Å². The highest BCUT2D eigenvalue weighted by molar-refractivity contribution is 9.10. The van der Waals surface area contributed by atoms with Gasteiger partial charge in [0.05, 0.1) is 18.8 Å². The summed E-state index contributed by atoms with van der Waals surface area (Å²) in [5.74, 6) is -0.343. The minimum absolute atomic E-state index is 0.108. The summed E-state index contributed by atoms with van der Waals surface area (Å²) < 4.78 is 7.56. The maximum absolute atomic E-state index is 11.9. The van der Waals surface area contributed by atoms with Crippen molar-refractivity contribution in [3.8, 4) is 17.0 Å². The first-order valence-electron chi connectivity index (χ1n) is 7.72. The number of methoxy groups -OCH3 is 1. The highest BCUT2D eigenvalue weighted by Gasteiger charge is 2.20. The van der Waals surface area contributed by atoms with Crippen molar-refractivity contribution in [3.05, 3.63) is 70.3 Å². The first kappa shape index (κ1) is 17.2. The van der Waals surface area contributed by atoms with Crippen molar-refractivity contribution in [3.63, 3.8) is 0 Å². The molecule has 1 atom stereocenters. The summed E-state index contributed by atoms with van der Waals surface area (Å²) >= 11 is 3.43. The second kappa shape index (κ2) is 7.11. The normalized spacial score (nSPS) is 12.0. The zero-order valence-electron chi connectivity index (χ0n) is 13.8. The van der Waals surface area contributed by atoms with Crippen LogP contribution in [0.4, 0.5) is 0 Å². The Balaban J connectivity index is 2.11. The number of ether oxygens (including phenoxy) is 1. The third-order valence-electron chi connectivity index (χ3n) is 3.99. The van der Waals surface area contributed by atoms with Gasteiger partial charge < -0.3 is 9.84 Å². The van der Waals surface area contributed by atoms with Crippen molar-refractivity contribution in [1.82, 2.24) is 9.78 Å². The smallest absolute Gasteiger partial charge is 0.358 e.